The zero-order valence-corrected chi connectivity index (χ0v) is 21.4. The quantitative estimate of drug-likeness (QED) is 0.269. The van der Waals surface area contributed by atoms with Crippen LogP contribution in [0.1, 0.15) is 44.6 Å². The van der Waals surface area contributed by atoms with Crippen LogP contribution in [0.5, 0.6) is 5.75 Å². The number of benzene rings is 1. The highest BCUT2D eigenvalue weighted by Gasteiger charge is 2.32. The Bertz CT molecular complexity index is 1220. The molecule has 1 atom stereocenters. The zero-order chi connectivity index (χ0) is 23.8. The van der Waals surface area contributed by atoms with Crippen LogP contribution in [-0.4, -0.2) is 35.0 Å². The highest BCUT2D eigenvalue weighted by molar-refractivity contribution is 7.99. The van der Waals surface area contributed by atoms with Gasteiger partial charge in [-0.3, -0.25) is 14.2 Å². The van der Waals surface area contributed by atoms with E-state index in [1.54, 1.807) is 29.9 Å². The van der Waals surface area contributed by atoms with Crippen LogP contribution in [0.25, 0.3) is 15.9 Å². The molecule has 1 unspecified atom stereocenters. The van der Waals surface area contributed by atoms with Crippen molar-refractivity contribution in [3.63, 3.8) is 0 Å². The van der Waals surface area contributed by atoms with Gasteiger partial charge < -0.3 is 9.47 Å². The van der Waals surface area contributed by atoms with Crippen molar-refractivity contribution in [2.45, 2.75) is 52.1 Å². The van der Waals surface area contributed by atoms with Crippen LogP contribution in [0.2, 0.25) is 0 Å². The van der Waals surface area contributed by atoms with E-state index in [-0.39, 0.29) is 22.7 Å². The van der Waals surface area contributed by atoms with Crippen LogP contribution in [0.15, 0.2) is 34.2 Å². The van der Waals surface area contributed by atoms with E-state index in [2.05, 4.69) is 20.8 Å². The van der Waals surface area contributed by atoms with E-state index in [9.17, 15) is 9.59 Å². The fourth-order valence-corrected chi connectivity index (χ4v) is 6.48. The summed E-state index contributed by atoms with van der Waals surface area (Å²) in [5.41, 5.74) is 2.00. The highest BCUT2D eigenvalue weighted by atomic mass is 32.2. The number of aromatic nitrogens is 2. The number of aryl methyl sites for hydroxylation is 1. The number of thioether (sulfide) groups is 1. The van der Waals surface area contributed by atoms with Gasteiger partial charge in [-0.15, -0.1) is 11.3 Å². The van der Waals surface area contributed by atoms with E-state index >= 15 is 0 Å². The van der Waals surface area contributed by atoms with E-state index in [1.807, 2.05) is 24.3 Å². The van der Waals surface area contributed by atoms with Crippen LogP contribution in [0, 0.1) is 11.3 Å². The summed E-state index contributed by atoms with van der Waals surface area (Å²) < 4.78 is 12.0. The first-order valence-corrected chi connectivity index (χ1v) is 13.0. The monoisotopic (exact) mass is 486 g/mol. The molecule has 1 aliphatic rings. The lowest BCUT2D eigenvalue weighted by Gasteiger charge is -2.33. The standard InChI is InChI=1S/C25H30N2O4S2/c1-6-31-20(28)14-32-24-26-22-21(18-12-7-15(25(2,3)4)13-19(18)33-22)23(29)27(24)16-8-10-17(30-5)11-9-16/h8-11,15H,6-7,12-14H2,1-5H3. The van der Waals surface area contributed by atoms with Gasteiger partial charge in [-0.1, -0.05) is 32.5 Å². The summed E-state index contributed by atoms with van der Waals surface area (Å²) in [5, 5.41) is 1.22. The van der Waals surface area contributed by atoms with Crippen molar-refractivity contribution < 1.29 is 14.3 Å². The van der Waals surface area contributed by atoms with Crippen molar-refractivity contribution in [1.82, 2.24) is 9.55 Å². The third-order valence-corrected chi connectivity index (χ3v) is 8.29. The molecule has 33 heavy (non-hydrogen) atoms. The van der Waals surface area contributed by atoms with Gasteiger partial charge in [0.15, 0.2) is 5.16 Å². The largest absolute Gasteiger partial charge is 0.497 e. The molecule has 3 aromatic rings. The van der Waals surface area contributed by atoms with Crippen molar-refractivity contribution in [2.75, 3.05) is 19.5 Å². The Kier molecular flexibility index (Phi) is 6.86. The minimum Gasteiger partial charge on any atom is -0.497 e. The Balaban J connectivity index is 1.83. The minimum atomic E-state index is -0.323. The van der Waals surface area contributed by atoms with Crippen molar-refractivity contribution in [3.05, 3.63) is 45.1 Å². The summed E-state index contributed by atoms with van der Waals surface area (Å²) in [5.74, 6) is 1.07. The summed E-state index contributed by atoms with van der Waals surface area (Å²) in [6.45, 7) is 8.96. The first kappa shape index (κ1) is 23.8. The van der Waals surface area contributed by atoms with Gasteiger partial charge in [0, 0.05) is 4.88 Å². The van der Waals surface area contributed by atoms with Crippen LogP contribution in [0.4, 0.5) is 0 Å². The average Bonchev–Trinajstić information content (AvgIpc) is 3.15. The molecule has 0 fully saturated rings. The van der Waals surface area contributed by atoms with Crippen molar-refractivity contribution in [3.8, 4) is 11.4 Å². The predicted octanol–water partition coefficient (Wildman–Crippen LogP) is 5.26. The van der Waals surface area contributed by atoms with E-state index in [1.165, 1.54) is 16.6 Å². The summed E-state index contributed by atoms with van der Waals surface area (Å²) in [6, 6.07) is 7.33. The Labute approximate surface area is 202 Å². The molecule has 0 aliphatic heterocycles. The van der Waals surface area contributed by atoms with Gasteiger partial charge in [0.2, 0.25) is 0 Å². The maximum absolute atomic E-state index is 13.9. The molecule has 6 nitrogen and oxygen atoms in total. The third kappa shape index (κ3) is 4.82. The van der Waals surface area contributed by atoms with Crippen LogP contribution >= 0.6 is 23.1 Å². The summed E-state index contributed by atoms with van der Waals surface area (Å²) in [4.78, 5) is 32.8. The van der Waals surface area contributed by atoms with E-state index in [4.69, 9.17) is 14.5 Å². The molecular formula is C25H30N2O4S2. The molecule has 0 radical (unpaired) electrons. The number of ether oxygens (including phenoxy) is 2. The molecule has 0 saturated heterocycles. The normalized spacial score (nSPS) is 16.0. The lowest BCUT2D eigenvalue weighted by Crippen LogP contribution is -2.27. The molecular weight excluding hydrogens is 456 g/mol. The second-order valence-corrected chi connectivity index (χ2v) is 11.3. The number of hydrogen-bond donors (Lipinski definition) is 0. The molecule has 0 spiro atoms. The first-order valence-electron chi connectivity index (χ1n) is 11.2. The van der Waals surface area contributed by atoms with Gasteiger partial charge in [-0.05, 0) is 67.3 Å². The second kappa shape index (κ2) is 9.50. The number of esters is 1. The minimum absolute atomic E-state index is 0.0803. The molecule has 8 heteroatoms. The molecule has 0 N–H and O–H groups in total. The Hall–Kier alpha value is -2.32. The molecule has 1 aliphatic carbocycles. The van der Waals surface area contributed by atoms with Crippen LogP contribution in [0.3, 0.4) is 0 Å². The van der Waals surface area contributed by atoms with E-state index in [0.717, 1.165) is 35.0 Å². The highest BCUT2D eigenvalue weighted by Crippen LogP contribution is 2.42. The van der Waals surface area contributed by atoms with Gasteiger partial charge in [-0.25, -0.2) is 4.98 Å². The summed E-state index contributed by atoms with van der Waals surface area (Å²) in [7, 11) is 1.61. The van der Waals surface area contributed by atoms with Crippen LogP contribution in [-0.2, 0) is 22.4 Å². The molecule has 0 bridgehead atoms. The molecule has 0 amide bonds. The summed E-state index contributed by atoms with van der Waals surface area (Å²) >= 11 is 2.86. The van der Waals surface area contributed by atoms with Gasteiger partial charge in [0.25, 0.3) is 5.56 Å². The van der Waals surface area contributed by atoms with Crippen molar-refractivity contribution in [1.29, 1.82) is 0 Å². The van der Waals surface area contributed by atoms with Crippen molar-refractivity contribution in [2.24, 2.45) is 11.3 Å². The first-order chi connectivity index (χ1) is 15.7. The number of thiophene rings is 1. The predicted molar refractivity (Wildman–Crippen MR) is 134 cm³/mol. The Morgan fingerprint density at radius 3 is 2.64 bits per heavy atom. The summed E-state index contributed by atoms with van der Waals surface area (Å²) in [6.07, 6.45) is 2.95. The number of fused-ring (bicyclic) bond motifs is 3. The fraction of sp³-hybridized carbons (Fsp3) is 0.480. The molecule has 2 aromatic heterocycles. The Morgan fingerprint density at radius 1 is 1.27 bits per heavy atom. The maximum atomic E-state index is 13.9. The average molecular weight is 487 g/mol. The SMILES string of the molecule is CCOC(=O)CSc1nc2sc3c(c2c(=O)n1-c1ccc(OC)cc1)CCC(C(C)(C)C)C3. The number of nitrogens with zero attached hydrogens (tertiary/aromatic N) is 2. The smallest absolute Gasteiger partial charge is 0.316 e. The second-order valence-electron chi connectivity index (χ2n) is 9.32. The van der Waals surface area contributed by atoms with Gasteiger partial charge in [-0.2, -0.15) is 0 Å². The fourth-order valence-electron chi connectivity index (χ4n) is 4.33. The van der Waals surface area contributed by atoms with Gasteiger partial charge >= 0.3 is 5.97 Å². The molecule has 2 heterocycles. The number of rotatable bonds is 6. The van der Waals surface area contributed by atoms with E-state index < -0.39 is 0 Å². The molecule has 176 valence electrons. The number of carbonyl (C=O) groups is 1. The van der Waals surface area contributed by atoms with Crippen molar-refractivity contribution >= 4 is 39.3 Å². The lowest BCUT2D eigenvalue weighted by molar-refractivity contribution is -0.139. The molecule has 0 saturated carbocycles. The number of methoxy groups -OCH3 is 1. The zero-order valence-electron chi connectivity index (χ0n) is 19.8. The number of hydrogen-bond acceptors (Lipinski definition) is 7. The number of carbonyl (C=O) groups excluding carboxylic acids is 1. The van der Waals surface area contributed by atoms with Crippen LogP contribution < -0.4 is 10.3 Å². The molecule has 1 aromatic carbocycles. The third-order valence-electron chi connectivity index (χ3n) is 6.23. The lowest BCUT2D eigenvalue weighted by atomic mass is 9.72. The molecule has 4 rings (SSSR count). The van der Waals surface area contributed by atoms with E-state index in [0.29, 0.717) is 29.1 Å². The van der Waals surface area contributed by atoms with Gasteiger partial charge in [0.1, 0.15) is 10.6 Å². The maximum Gasteiger partial charge on any atom is 0.316 e. The Morgan fingerprint density at radius 2 is 2.00 bits per heavy atom. The van der Waals surface area contributed by atoms with Gasteiger partial charge in [0.05, 0.1) is 30.5 Å². The topological polar surface area (TPSA) is 70.4 Å².